The molecule has 8 aromatic rings. The molecule has 0 saturated carbocycles. The number of imidazole rings is 2. The lowest BCUT2D eigenvalue weighted by atomic mass is 10.0. The van der Waals surface area contributed by atoms with Gasteiger partial charge in [0.15, 0.2) is 0 Å². The zero-order valence-electron chi connectivity index (χ0n) is 19.9. The molecular formula is C32H21N5. The summed E-state index contributed by atoms with van der Waals surface area (Å²) in [6, 6.07) is 36.0. The predicted octanol–water partition coefficient (Wildman–Crippen LogP) is 7.41. The van der Waals surface area contributed by atoms with Crippen LogP contribution in [0.3, 0.4) is 0 Å². The van der Waals surface area contributed by atoms with E-state index in [1.54, 1.807) is 0 Å². The summed E-state index contributed by atoms with van der Waals surface area (Å²) in [6.45, 7) is 0. The smallest absolute Gasteiger partial charge is 0.137 e. The first kappa shape index (κ1) is 20.1. The Hall–Kier alpha value is -5.16. The van der Waals surface area contributed by atoms with E-state index >= 15 is 0 Å². The third-order valence-electron chi connectivity index (χ3n) is 7.10. The van der Waals surface area contributed by atoms with Crippen molar-refractivity contribution in [3.63, 3.8) is 0 Å². The fourth-order valence-electron chi connectivity index (χ4n) is 5.34. The van der Waals surface area contributed by atoms with Crippen molar-refractivity contribution in [2.75, 3.05) is 0 Å². The second kappa shape index (κ2) is 7.67. The molecule has 8 rings (SSSR count). The average Bonchev–Trinajstić information content (AvgIpc) is 3.66. The fourth-order valence-corrected chi connectivity index (χ4v) is 5.34. The maximum atomic E-state index is 4.87. The molecule has 5 heteroatoms. The summed E-state index contributed by atoms with van der Waals surface area (Å²) < 4.78 is 6.47. The van der Waals surface area contributed by atoms with E-state index in [1.807, 2.05) is 48.8 Å². The molecule has 0 spiro atoms. The van der Waals surface area contributed by atoms with Gasteiger partial charge in [-0.3, -0.25) is 0 Å². The van der Waals surface area contributed by atoms with Crippen LogP contribution in [0.1, 0.15) is 0 Å². The first-order chi connectivity index (χ1) is 18.3. The molecule has 0 atom stereocenters. The van der Waals surface area contributed by atoms with Crippen molar-refractivity contribution < 1.29 is 0 Å². The van der Waals surface area contributed by atoms with Crippen molar-refractivity contribution in [2.24, 2.45) is 0 Å². The number of hydrogen-bond acceptors (Lipinski definition) is 2. The van der Waals surface area contributed by atoms with Gasteiger partial charge in [0, 0.05) is 52.4 Å². The number of nitrogens with zero attached hydrogens (tertiary/aromatic N) is 5. The normalized spacial score (nSPS) is 11.8. The molecule has 3 aromatic carbocycles. The Labute approximate surface area is 212 Å². The van der Waals surface area contributed by atoms with Gasteiger partial charge in [0.25, 0.3) is 0 Å². The van der Waals surface area contributed by atoms with E-state index in [1.165, 1.54) is 21.8 Å². The number of aromatic nitrogens is 5. The third kappa shape index (κ3) is 3.11. The molecule has 0 amide bonds. The van der Waals surface area contributed by atoms with E-state index in [9.17, 15) is 0 Å². The second-order valence-corrected chi connectivity index (χ2v) is 9.32. The lowest BCUT2D eigenvalue weighted by Gasteiger charge is -2.08. The van der Waals surface area contributed by atoms with E-state index in [2.05, 4.69) is 92.5 Å². The quantitative estimate of drug-likeness (QED) is 0.267. The molecule has 5 heterocycles. The van der Waals surface area contributed by atoms with Crippen LogP contribution in [0.15, 0.2) is 128 Å². The van der Waals surface area contributed by atoms with Crippen LogP contribution in [-0.4, -0.2) is 23.3 Å². The standard InChI is InChI=1S/C32H21N5/c1-2-8-24(9-3-1)37-29-14-12-22(27-20-35-16-6-4-10-31(35)33-27)18-25(29)26-19-23(13-15-30(26)37)28-21-36-17-7-5-11-32(36)34-28/h1-21H. The number of hydrogen-bond donors (Lipinski definition) is 0. The fraction of sp³-hybridized carbons (Fsp3) is 0. The van der Waals surface area contributed by atoms with Crippen LogP contribution >= 0.6 is 0 Å². The van der Waals surface area contributed by atoms with Crippen LogP contribution in [0, 0.1) is 0 Å². The van der Waals surface area contributed by atoms with Crippen LogP contribution in [0.2, 0.25) is 0 Å². The minimum absolute atomic E-state index is 0.943. The monoisotopic (exact) mass is 475 g/mol. The molecule has 174 valence electrons. The van der Waals surface area contributed by atoms with Crippen molar-refractivity contribution in [3.05, 3.63) is 128 Å². The summed E-state index contributed by atoms with van der Waals surface area (Å²) in [5, 5.41) is 2.39. The van der Waals surface area contributed by atoms with Gasteiger partial charge in [-0.25, -0.2) is 9.97 Å². The third-order valence-corrected chi connectivity index (χ3v) is 7.10. The molecule has 5 nitrogen and oxygen atoms in total. The molecular weight excluding hydrogens is 454 g/mol. The van der Waals surface area contributed by atoms with Gasteiger partial charge >= 0.3 is 0 Å². The van der Waals surface area contributed by atoms with Crippen LogP contribution < -0.4 is 0 Å². The summed E-state index contributed by atoms with van der Waals surface area (Å²) in [4.78, 5) is 9.74. The van der Waals surface area contributed by atoms with Crippen LogP contribution in [0.5, 0.6) is 0 Å². The molecule has 0 fully saturated rings. The van der Waals surface area contributed by atoms with Gasteiger partial charge in [0.1, 0.15) is 11.3 Å². The summed E-state index contributed by atoms with van der Waals surface area (Å²) in [7, 11) is 0. The highest BCUT2D eigenvalue weighted by Crippen LogP contribution is 2.37. The van der Waals surface area contributed by atoms with Crippen molar-refractivity contribution in [2.45, 2.75) is 0 Å². The number of rotatable bonds is 3. The largest absolute Gasteiger partial charge is 0.309 e. The summed E-state index contributed by atoms with van der Waals surface area (Å²) in [5.41, 5.74) is 9.49. The topological polar surface area (TPSA) is 39.5 Å². The highest BCUT2D eigenvalue weighted by molar-refractivity contribution is 6.11. The first-order valence-electron chi connectivity index (χ1n) is 12.3. The van der Waals surface area contributed by atoms with Crippen LogP contribution in [-0.2, 0) is 0 Å². The second-order valence-electron chi connectivity index (χ2n) is 9.32. The Bertz CT molecular complexity index is 1900. The number of para-hydroxylation sites is 1. The Balaban J connectivity index is 1.39. The SMILES string of the molecule is c1ccc(-n2c3ccc(-c4cn5ccccc5n4)cc3c3cc(-c4cn5ccccc5n4)ccc32)cc1. The zero-order valence-corrected chi connectivity index (χ0v) is 19.9. The van der Waals surface area contributed by atoms with Crippen molar-refractivity contribution >= 4 is 33.1 Å². The van der Waals surface area contributed by atoms with Crippen LogP contribution in [0.25, 0.3) is 61.3 Å². The molecule has 37 heavy (non-hydrogen) atoms. The molecule has 0 bridgehead atoms. The Morgan fingerprint density at radius 2 is 1.00 bits per heavy atom. The van der Waals surface area contributed by atoms with Crippen molar-refractivity contribution in [1.29, 1.82) is 0 Å². The lowest BCUT2D eigenvalue weighted by molar-refractivity contribution is 1.18. The molecule has 0 aliphatic carbocycles. The molecule has 0 unspecified atom stereocenters. The van der Waals surface area contributed by atoms with Gasteiger partial charge in [0.05, 0.1) is 22.4 Å². The maximum absolute atomic E-state index is 4.87. The van der Waals surface area contributed by atoms with Gasteiger partial charge in [-0.05, 0) is 60.7 Å². The van der Waals surface area contributed by atoms with Gasteiger partial charge in [-0.1, -0.05) is 42.5 Å². The average molecular weight is 476 g/mol. The van der Waals surface area contributed by atoms with E-state index in [4.69, 9.17) is 9.97 Å². The summed E-state index contributed by atoms with van der Waals surface area (Å²) in [6.07, 6.45) is 8.25. The highest BCUT2D eigenvalue weighted by Gasteiger charge is 2.16. The number of fused-ring (bicyclic) bond motifs is 5. The van der Waals surface area contributed by atoms with E-state index in [0.29, 0.717) is 0 Å². The summed E-state index contributed by atoms with van der Waals surface area (Å²) in [5.74, 6) is 0. The van der Waals surface area contributed by atoms with Gasteiger partial charge in [0.2, 0.25) is 0 Å². The van der Waals surface area contributed by atoms with Gasteiger partial charge < -0.3 is 13.4 Å². The Morgan fingerprint density at radius 3 is 1.51 bits per heavy atom. The number of pyridine rings is 2. The lowest BCUT2D eigenvalue weighted by Crippen LogP contribution is -1.93. The van der Waals surface area contributed by atoms with Gasteiger partial charge in [-0.2, -0.15) is 0 Å². The summed E-state index contributed by atoms with van der Waals surface area (Å²) >= 11 is 0. The van der Waals surface area contributed by atoms with E-state index in [0.717, 1.165) is 39.5 Å². The van der Waals surface area contributed by atoms with Crippen molar-refractivity contribution in [3.8, 4) is 28.2 Å². The Morgan fingerprint density at radius 1 is 0.486 bits per heavy atom. The highest BCUT2D eigenvalue weighted by atomic mass is 15.0. The molecule has 0 saturated heterocycles. The number of benzene rings is 3. The van der Waals surface area contributed by atoms with E-state index < -0.39 is 0 Å². The van der Waals surface area contributed by atoms with Gasteiger partial charge in [-0.15, -0.1) is 0 Å². The molecule has 5 aromatic heterocycles. The van der Waals surface area contributed by atoms with E-state index in [-0.39, 0.29) is 0 Å². The maximum Gasteiger partial charge on any atom is 0.137 e. The minimum Gasteiger partial charge on any atom is -0.309 e. The predicted molar refractivity (Wildman–Crippen MR) is 149 cm³/mol. The molecule has 0 radical (unpaired) electrons. The first-order valence-corrected chi connectivity index (χ1v) is 12.3. The Kier molecular flexibility index (Phi) is 4.16. The van der Waals surface area contributed by atoms with Crippen molar-refractivity contribution in [1.82, 2.24) is 23.3 Å². The minimum atomic E-state index is 0.943. The zero-order chi connectivity index (χ0) is 24.3. The molecule has 0 aliphatic heterocycles. The molecule has 0 N–H and O–H groups in total. The van der Waals surface area contributed by atoms with Crippen LogP contribution in [0.4, 0.5) is 0 Å². The molecule has 0 aliphatic rings.